The van der Waals surface area contributed by atoms with Gasteiger partial charge in [-0.05, 0) is 24.6 Å². The molecule has 1 aromatic carbocycles. The molecular formula is C19H25F2N5O. The molecule has 0 radical (unpaired) electrons. The fourth-order valence-electron chi connectivity index (χ4n) is 3.93. The molecule has 0 bridgehead atoms. The van der Waals surface area contributed by atoms with Gasteiger partial charge >= 0.3 is 0 Å². The van der Waals surface area contributed by atoms with Gasteiger partial charge in [0.2, 0.25) is 5.91 Å². The molecule has 2 N–H and O–H groups in total. The Morgan fingerprint density at radius 2 is 1.93 bits per heavy atom. The number of hydrogen-bond acceptors (Lipinski definition) is 5. The number of nitrogens with zero attached hydrogens (tertiary/aromatic N) is 4. The summed E-state index contributed by atoms with van der Waals surface area (Å²) in [5.74, 6) is -3.59. The molecule has 0 aromatic heterocycles. The van der Waals surface area contributed by atoms with Crippen LogP contribution in [0.2, 0.25) is 0 Å². The van der Waals surface area contributed by atoms with E-state index in [0.717, 1.165) is 37.4 Å². The van der Waals surface area contributed by atoms with Crippen molar-refractivity contribution in [3.8, 4) is 6.07 Å². The highest BCUT2D eigenvalue weighted by atomic mass is 19.3. The first kappa shape index (κ1) is 19.5. The minimum absolute atomic E-state index is 0.322. The molecule has 8 heteroatoms. The molecule has 2 aliphatic rings. The second-order valence-electron chi connectivity index (χ2n) is 7.34. The Balaban J connectivity index is 1.67. The number of rotatable bonds is 5. The summed E-state index contributed by atoms with van der Waals surface area (Å²) in [5.41, 5.74) is 7.29. The number of primary amides is 1. The number of piperazine rings is 1. The molecule has 6 nitrogen and oxygen atoms in total. The van der Waals surface area contributed by atoms with E-state index in [-0.39, 0.29) is 6.04 Å². The number of amides is 1. The number of hydrogen-bond donors (Lipinski definition) is 1. The fraction of sp³-hybridized carbons (Fsp3) is 0.579. The van der Waals surface area contributed by atoms with E-state index in [1.54, 1.807) is 0 Å². The number of halogens is 2. The largest absolute Gasteiger partial charge is 0.369 e. The minimum atomic E-state index is -2.89. The van der Waals surface area contributed by atoms with E-state index in [2.05, 4.69) is 15.9 Å². The summed E-state index contributed by atoms with van der Waals surface area (Å²) in [5, 5.41) is 8.77. The van der Waals surface area contributed by atoms with Crippen molar-refractivity contribution in [2.24, 2.45) is 5.73 Å². The van der Waals surface area contributed by atoms with Crippen LogP contribution in [0.15, 0.2) is 24.3 Å². The van der Waals surface area contributed by atoms with Crippen LogP contribution in [-0.2, 0) is 4.79 Å². The van der Waals surface area contributed by atoms with Crippen LogP contribution >= 0.6 is 0 Å². The molecule has 2 fully saturated rings. The molecule has 0 aliphatic carbocycles. The van der Waals surface area contributed by atoms with Crippen LogP contribution in [0.1, 0.15) is 24.9 Å². The van der Waals surface area contributed by atoms with Crippen molar-refractivity contribution in [2.75, 3.05) is 44.2 Å². The van der Waals surface area contributed by atoms with Crippen LogP contribution in [0.4, 0.5) is 14.5 Å². The van der Waals surface area contributed by atoms with Gasteiger partial charge in [-0.25, -0.2) is 8.78 Å². The van der Waals surface area contributed by atoms with Crippen molar-refractivity contribution in [1.29, 1.82) is 5.26 Å². The topological polar surface area (TPSA) is 76.6 Å². The molecule has 2 saturated heterocycles. The molecule has 2 heterocycles. The summed E-state index contributed by atoms with van der Waals surface area (Å²) in [6.07, 6.45) is -0.516. The highest BCUT2D eigenvalue weighted by Gasteiger charge is 2.49. The molecule has 2 atom stereocenters. The molecule has 0 spiro atoms. The van der Waals surface area contributed by atoms with E-state index in [0.29, 0.717) is 6.54 Å². The molecule has 1 aromatic rings. The van der Waals surface area contributed by atoms with E-state index in [1.807, 2.05) is 31.2 Å². The lowest BCUT2D eigenvalue weighted by Gasteiger charge is -2.35. The van der Waals surface area contributed by atoms with Crippen LogP contribution < -0.4 is 10.6 Å². The zero-order valence-electron chi connectivity index (χ0n) is 15.4. The van der Waals surface area contributed by atoms with Gasteiger partial charge in [-0.15, -0.1) is 0 Å². The normalized spacial score (nSPS) is 24.5. The van der Waals surface area contributed by atoms with Gasteiger partial charge in [-0.2, -0.15) is 5.26 Å². The highest BCUT2D eigenvalue weighted by molar-refractivity contribution is 5.80. The Labute approximate surface area is 158 Å². The van der Waals surface area contributed by atoms with Crippen LogP contribution in [0.3, 0.4) is 0 Å². The predicted molar refractivity (Wildman–Crippen MR) is 98.4 cm³/mol. The van der Waals surface area contributed by atoms with Gasteiger partial charge in [0.25, 0.3) is 5.92 Å². The van der Waals surface area contributed by atoms with Crippen molar-refractivity contribution >= 4 is 11.6 Å². The maximum absolute atomic E-state index is 13.8. The lowest BCUT2D eigenvalue weighted by molar-refractivity contribution is -0.123. The first-order chi connectivity index (χ1) is 12.8. The first-order valence-electron chi connectivity index (χ1n) is 9.18. The zero-order valence-corrected chi connectivity index (χ0v) is 15.4. The average molecular weight is 377 g/mol. The summed E-state index contributed by atoms with van der Waals surface area (Å²) >= 11 is 0. The third-order valence-electron chi connectivity index (χ3n) is 5.54. The molecule has 0 saturated carbocycles. The van der Waals surface area contributed by atoms with Gasteiger partial charge in [0.05, 0.1) is 25.2 Å². The molecule has 1 amide bonds. The third kappa shape index (κ3) is 4.37. The maximum atomic E-state index is 13.8. The highest BCUT2D eigenvalue weighted by Crippen LogP contribution is 2.37. The van der Waals surface area contributed by atoms with E-state index < -0.39 is 30.8 Å². The number of carbonyl (C=O) groups excluding carboxylic acids is 1. The third-order valence-corrected chi connectivity index (χ3v) is 5.54. The maximum Gasteiger partial charge on any atom is 0.262 e. The Morgan fingerprint density at radius 1 is 1.30 bits per heavy atom. The number of anilines is 1. The van der Waals surface area contributed by atoms with E-state index in [9.17, 15) is 13.6 Å². The summed E-state index contributed by atoms with van der Waals surface area (Å²) in [4.78, 5) is 17.4. The summed E-state index contributed by atoms with van der Waals surface area (Å²) in [7, 11) is 0. The monoisotopic (exact) mass is 377 g/mol. The Morgan fingerprint density at radius 3 is 2.48 bits per heavy atom. The summed E-state index contributed by atoms with van der Waals surface area (Å²) < 4.78 is 27.6. The summed E-state index contributed by atoms with van der Waals surface area (Å²) in [6, 6.07) is 8.73. The fourth-order valence-corrected chi connectivity index (χ4v) is 3.93. The van der Waals surface area contributed by atoms with Crippen molar-refractivity contribution in [3.63, 3.8) is 0 Å². The average Bonchev–Trinajstić information content (AvgIpc) is 2.98. The Bertz CT molecular complexity index is 710. The molecule has 146 valence electrons. The van der Waals surface area contributed by atoms with Crippen LogP contribution in [-0.4, -0.2) is 66.9 Å². The predicted octanol–water partition coefficient (Wildman–Crippen LogP) is 1.59. The van der Waals surface area contributed by atoms with Gasteiger partial charge in [0.15, 0.2) is 0 Å². The SMILES string of the molecule is C[C@@H](c1ccc(N2CCN(CC#N)CC2)cc1)N1CC(F)(F)C[C@H]1C(N)=O. The number of nitrogens with two attached hydrogens (primary N) is 1. The second kappa shape index (κ2) is 7.79. The molecule has 0 unspecified atom stereocenters. The Kier molecular flexibility index (Phi) is 5.63. The van der Waals surface area contributed by atoms with Crippen molar-refractivity contribution in [1.82, 2.24) is 9.80 Å². The lowest BCUT2D eigenvalue weighted by atomic mass is 10.0. The molecule has 27 heavy (non-hydrogen) atoms. The quantitative estimate of drug-likeness (QED) is 0.789. The van der Waals surface area contributed by atoms with E-state index in [4.69, 9.17) is 11.0 Å². The summed E-state index contributed by atoms with van der Waals surface area (Å²) in [6.45, 7) is 5.20. The van der Waals surface area contributed by atoms with Gasteiger partial charge in [0.1, 0.15) is 0 Å². The smallest absolute Gasteiger partial charge is 0.262 e. The Hall–Kier alpha value is -2.24. The van der Waals surface area contributed by atoms with Crippen molar-refractivity contribution in [3.05, 3.63) is 29.8 Å². The molecular weight excluding hydrogens is 352 g/mol. The van der Waals surface area contributed by atoms with Gasteiger partial charge in [-0.1, -0.05) is 12.1 Å². The zero-order chi connectivity index (χ0) is 19.6. The standard InChI is InChI=1S/C19H25F2N5O/c1-14(26-13-19(20,21)12-17(26)18(23)27)15-2-4-16(5-3-15)25-10-8-24(7-6-22)9-11-25/h2-5,14,17H,7-13H2,1H3,(H2,23,27)/t14-,17-/m0/s1. The van der Waals surface area contributed by atoms with Crippen molar-refractivity contribution in [2.45, 2.75) is 31.4 Å². The van der Waals surface area contributed by atoms with Gasteiger partial charge in [0, 0.05) is 44.3 Å². The van der Waals surface area contributed by atoms with Gasteiger partial charge in [-0.3, -0.25) is 14.6 Å². The van der Waals surface area contributed by atoms with Crippen molar-refractivity contribution < 1.29 is 13.6 Å². The van der Waals surface area contributed by atoms with Gasteiger partial charge < -0.3 is 10.6 Å². The van der Waals surface area contributed by atoms with E-state index in [1.165, 1.54) is 4.90 Å². The number of benzene rings is 1. The number of carbonyl (C=O) groups is 1. The van der Waals surface area contributed by atoms with Crippen LogP contribution in [0.25, 0.3) is 0 Å². The van der Waals surface area contributed by atoms with Crippen LogP contribution in [0, 0.1) is 11.3 Å². The molecule has 3 rings (SSSR count). The number of nitriles is 1. The number of likely N-dealkylation sites (tertiary alicyclic amines) is 1. The second-order valence-corrected chi connectivity index (χ2v) is 7.34. The lowest BCUT2D eigenvalue weighted by Crippen LogP contribution is -2.46. The number of alkyl halides is 2. The van der Waals surface area contributed by atoms with Crippen LogP contribution in [0.5, 0.6) is 0 Å². The first-order valence-corrected chi connectivity index (χ1v) is 9.18. The molecule has 2 aliphatic heterocycles. The minimum Gasteiger partial charge on any atom is -0.369 e. The van der Waals surface area contributed by atoms with E-state index >= 15 is 0 Å².